The fraction of sp³-hybridized carbons (Fsp3) is 0.524. The van der Waals surface area contributed by atoms with Crippen LogP contribution in [0.3, 0.4) is 0 Å². The number of aryl methyl sites for hydroxylation is 1. The number of amides is 1. The van der Waals surface area contributed by atoms with Crippen molar-refractivity contribution in [1.82, 2.24) is 9.88 Å². The van der Waals surface area contributed by atoms with Gasteiger partial charge in [-0.1, -0.05) is 32.9 Å². The quantitative estimate of drug-likeness (QED) is 0.799. The van der Waals surface area contributed by atoms with Gasteiger partial charge in [0.1, 0.15) is 0 Å². The molecule has 0 atom stereocenters. The molecule has 3 rings (SSSR count). The Morgan fingerprint density at radius 3 is 2.54 bits per heavy atom. The van der Waals surface area contributed by atoms with E-state index >= 15 is 0 Å². The highest BCUT2D eigenvalue weighted by Gasteiger charge is 2.19. The Balaban J connectivity index is 1.62. The summed E-state index contributed by atoms with van der Waals surface area (Å²) in [6.45, 7) is 11.9. The second kappa shape index (κ2) is 8.31. The van der Waals surface area contributed by atoms with Crippen LogP contribution in [-0.4, -0.2) is 28.9 Å². The van der Waals surface area contributed by atoms with Crippen LogP contribution in [0.5, 0.6) is 0 Å². The minimum Gasteiger partial charge on any atom is -0.298 e. The van der Waals surface area contributed by atoms with Crippen LogP contribution in [0.1, 0.15) is 66.0 Å². The summed E-state index contributed by atoms with van der Waals surface area (Å²) in [5.41, 5.74) is 2.94. The number of carbonyl (C=O) groups excluding carboxylic acids is 1. The maximum Gasteiger partial charge on any atom is 0.257 e. The molecular weight excluding hydrogens is 342 g/mol. The molecule has 140 valence electrons. The van der Waals surface area contributed by atoms with E-state index in [9.17, 15) is 4.79 Å². The van der Waals surface area contributed by atoms with Gasteiger partial charge in [0.2, 0.25) is 0 Å². The third-order valence-electron chi connectivity index (χ3n) is 5.20. The van der Waals surface area contributed by atoms with Gasteiger partial charge in [0, 0.05) is 17.0 Å². The predicted octanol–water partition coefficient (Wildman–Crippen LogP) is 5.06. The van der Waals surface area contributed by atoms with E-state index in [0.29, 0.717) is 16.6 Å². The first-order valence-electron chi connectivity index (χ1n) is 9.52. The monoisotopic (exact) mass is 371 g/mol. The number of nitrogens with one attached hydrogen (secondary N) is 1. The molecule has 2 heterocycles. The Kier molecular flexibility index (Phi) is 6.09. The molecule has 2 aromatic rings. The van der Waals surface area contributed by atoms with Crippen molar-refractivity contribution in [3.63, 3.8) is 0 Å². The van der Waals surface area contributed by atoms with E-state index in [1.165, 1.54) is 23.3 Å². The van der Waals surface area contributed by atoms with Crippen LogP contribution in [0, 0.1) is 12.8 Å². The summed E-state index contributed by atoms with van der Waals surface area (Å²) < 4.78 is 0. The lowest BCUT2D eigenvalue weighted by molar-refractivity contribution is 0.102. The molecule has 1 aliphatic rings. The van der Waals surface area contributed by atoms with E-state index < -0.39 is 0 Å². The Labute approximate surface area is 160 Å². The van der Waals surface area contributed by atoms with E-state index in [-0.39, 0.29) is 5.91 Å². The summed E-state index contributed by atoms with van der Waals surface area (Å²) in [5.74, 6) is 1.22. The molecule has 1 saturated heterocycles. The first kappa shape index (κ1) is 19.1. The molecule has 5 heteroatoms. The number of likely N-dealkylation sites (tertiary alicyclic amines) is 1. The molecule has 1 N–H and O–H groups in total. The molecule has 0 unspecified atom stereocenters. The van der Waals surface area contributed by atoms with E-state index in [1.54, 1.807) is 11.3 Å². The lowest BCUT2D eigenvalue weighted by atomic mass is 9.99. The largest absolute Gasteiger partial charge is 0.298 e. The zero-order valence-corrected chi connectivity index (χ0v) is 17.0. The van der Waals surface area contributed by atoms with Gasteiger partial charge in [-0.15, -0.1) is 11.3 Å². The van der Waals surface area contributed by atoms with E-state index in [4.69, 9.17) is 0 Å². The maximum absolute atomic E-state index is 12.5. The standard InChI is InChI=1S/C21H29N3OS/c1-14(2)17-5-7-18(8-6-17)20(25)23-21-22-16(4)19(26-21)13-24-11-9-15(3)10-12-24/h5-8,14-15H,9-13H2,1-4H3,(H,22,23,25). The number of thiazole rings is 1. The number of hydrogen-bond acceptors (Lipinski definition) is 4. The van der Waals surface area contributed by atoms with Crippen molar-refractivity contribution in [1.29, 1.82) is 0 Å². The highest BCUT2D eigenvalue weighted by Crippen LogP contribution is 2.26. The average molecular weight is 372 g/mol. The van der Waals surface area contributed by atoms with Crippen LogP contribution in [0.25, 0.3) is 0 Å². The molecule has 0 aliphatic carbocycles. The van der Waals surface area contributed by atoms with Crippen LogP contribution >= 0.6 is 11.3 Å². The maximum atomic E-state index is 12.5. The highest BCUT2D eigenvalue weighted by molar-refractivity contribution is 7.15. The van der Waals surface area contributed by atoms with Crippen LogP contribution < -0.4 is 5.32 Å². The van der Waals surface area contributed by atoms with Crippen molar-refractivity contribution >= 4 is 22.4 Å². The Morgan fingerprint density at radius 1 is 1.27 bits per heavy atom. The van der Waals surface area contributed by atoms with Crippen LogP contribution in [0.4, 0.5) is 5.13 Å². The molecule has 1 aromatic carbocycles. The SMILES string of the molecule is Cc1nc(NC(=O)c2ccc(C(C)C)cc2)sc1CN1CCC(C)CC1. The van der Waals surface area contributed by atoms with Crippen molar-refractivity contribution < 1.29 is 4.79 Å². The third kappa shape index (κ3) is 4.71. The van der Waals surface area contributed by atoms with Crippen molar-refractivity contribution in [3.8, 4) is 0 Å². The number of carbonyl (C=O) groups is 1. The van der Waals surface area contributed by atoms with Crippen molar-refractivity contribution in [2.24, 2.45) is 5.92 Å². The minimum absolute atomic E-state index is 0.0904. The number of nitrogens with zero attached hydrogens (tertiary/aromatic N) is 2. The summed E-state index contributed by atoms with van der Waals surface area (Å²) in [4.78, 5) is 20.8. The van der Waals surface area contributed by atoms with Gasteiger partial charge in [0.15, 0.2) is 5.13 Å². The molecule has 0 radical (unpaired) electrons. The normalized spacial score (nSPS) is 16.2. The van der Waals surface area contributed by atoms with Gasteiger partial charge in [0.25, 0.3) is 5.91 Å². The fourth-order valence-electron chi connectivity index (χ4n) is 3.24. The molecule has 1 aliphatic heterocycles. The first-order chi connectivity index (χ1) is 12.4. The lowest BCUT2D eigenvalue weighted by Crippen LogP contribution is -2.32. The summed E-state index contributed by atoms with van der Waals surface area (Å²) in [6, 6.07) is 7.83. The van der Waals surface area contributed by atoms with Gasteiger partial charge < -0.3 is 0 Å². The molecule has 4 nitrogen and oxygen atoms in total. The highest BCUT2D eigenvalue weighted by atomic mass is 32.1. The number of anilines is 1. The van der Waals surface area contributed by atoms with Crippen molar-refractivity contribution in [2.45, 2.75) is 53.0 Å². The van der Waals surface area contributed by atoms with Gasteiger partial charge in [-0.3, -0.25) is 15.0 Å². The number of aromatic nitrogens is 1. The second-order valence-electron chi connectivity index (χ2n) is 7.72. The lowest BCUT2D eigenvalue weighted by Gasteiger charge is -2.29. The third-order valence-corrected chi connectivity index (χ3v) is 6.25. The van der Waals surface area contributed by atoms with Crippen LogP contribution in [-0.2, 0) is 6.54 Å². The van der Waals surface area contributed by atoms with Crippen molar-refractivity contribution in [3.05, 3.63) is 46.0 Å². The number of benzene rings is 1. The van der Waals surface area contributed by atoms with E-state index in [1.807, 2.05) is 31.2 Å². The topological polar surface area (TPSA) is 45.2 Å². The Morgan fingerprint density at radius 2 is 1.92 bits per heavy atom. The smallest absolute Gasteiger partial charge is 0.257 e. The van der Waals surface area contributed by atoms with E-state index in [0.717, 1.165) is 31.2 Å². The zero-order chi connectivity index (χ0) is 18.7. The summed E-state index contributed by atoms with van der Waals surface area (Å²) >= 11 is 1.60. The zero-order valence-electron chi connectivity index (χ0n) is 16.2. The molecule has 0 bridgehead atoms. The van der Waals surface area contributed by atoms with Gasteiger partial charge in [0.05, 0.1) is 5.69 Å². The van der Waals surface area contributed by atoms with Gasteiger partial charge in [-0.25, -0.2) is 4.98 Å². The second-order valence-corrected chi connectivity index (χ2v) is 8.80. The molecule has 0 spiro atoms. The summed E-state index contributed by atoms with van der Waals surface area (Å²) in [5, 5.41) is 3.66. The van der Waals surface area contributed by atoms with Gasteiger partial charge >= 0.3 is 0 Å². The molecule has 26 heavy (non-hydrogen) atoms. The van der Waals surface area contributed by atoms with Gasteiger partial charge in [-0.05, 0) is 62.4 Å². The van der Waals surface area contributed by atoms with Crippen LogP contribution in [0.15, 0.2) is 24.3 Å². The minimum atomic E-state index is -0.0904. The number of hydrogen-bond donors (Lipinski definition) is 1. The number of piperidine rings is 1. The van der Waals surface area contributed by atoms with E-state index in [2.05, 4.69) is 36.0 Å². The Bertz CT molecular complexity index is 743. The van der Waals surface area contributed by atoms with Crippen LogP contribution in [0.2, 0.25) is 0 Å². The van der Waals surface area contributed by atoms with Crippen molar-refractivity contribution in [2.75, 3.05) is 18.4 Å². The molecule has 0 saturated carbocycles. The fourth-order valence-corrected chi connectivity index (χ4v) is 4.24. The summed E-state index contributed by atoms with van der Waals surface area (Å²) in [6.07, 6.45) is 2.54. The van der Waals surface area contributed by atoms with Gasteiger partial charge in [-0.2, -0.15) is 0 Å². The number of rotatable bonds is 5. The first-order valence-corrected chi connectivity index (χ1v) is 10.3. The predicted molar refractivity (Wildman–Crippen MR) is 109 cm³/mol. The average Bonchev–Trinajstić information content (AvgIpc) is 2.96. The Hall–Kier alpha value is -1.72. The molecule has 1 amide bonds. The molecule has 1 aromatic heterocycles. The molecule has 1 fully saturated rings. The summed E-state index contributed by atoms with van der Waals surface area (Å²) in [7, 11) is 0. The molecular formula is C21H29N3OS.